The van der Waals surface area contributed by atoms with Crippen LogP contribution in [0.1, 0.15) is 35.7 Å². The van der Waals surface area contributed by atoms with Gasteiger partial charge in [0.25, 0.3) is 0 Å². The molecule has 2 aromatic carbocycles. The molecule has 0 bridgehead atoms. The molecule has 0 N–H and O–H groups in total. The van der Waals surface area contributed by atoms with Crippen LogP contribution in [0.5, 0.6) is 11.5 Å². The molecule has 0 radical (unpaired) electrons. The highest BCUT2D eigenvalue weighted by atomic mass is 79.9. The van der Waals surface area contributed by atoms with Crippen LogP contribution in [0.3, 0.4) is 0 Å². The number of rotatable bonds is 7. The fourth-order valence-electron chi connectivity index (χ4n) is 2.00. The molecule has 0 aromatic heterocycles. The van der Waals surface area contributed by atoms with Crippen LogP contribution in [0.2, 0.25) is 0 Å². The Morgan fingerprint density at radius 2 is 1.73 bits per heavy atom. The Labute approximate surface area is 139 Å². The topological polar surface area (TPSA) is 35.5 Å². The van der Waals surface area contributed by atoms with E-state index in [0.717, 1.165) is 16.5 Å². The molecule has 3 nitrogen and oxygen atoms in total. The number of aldehydes is 1. The summed E-state index contributed by atoms with van der Waals surface area (Å²) in [4.78, 5) is 11.0. The first kappa shape index (κ1) is 16.6. The van der Waals surface area contributed by atoms with Crippen molar-refractivity contribution in [3.63, 3.8) is 0 Å². The van der Waals surface area contributed by atoms with E-state index in [1.165, 1.54) is 5.56 Å². The zero-order chi connectivity index (χ0) is 15.9. The van der Waals surface area contributed by atoms with Crippen LogP contribution in [0, 0.1) is 0 Å². The lowest BCUT2D eigenvalue weighted by atomic mass is 10.0. The third kappa shape index (κ3) is 4.60. The first-order chi connectivity index (χ1) is 10.6. The molecule has 0 fully saturated rings. The van der Waals surface area contributed by atoms with Crippen LogP contribution < -0.4 is 9.47 Å². The van der Waals surface area contributed by atoms with E-state index in [9.17, 15) is 4.79 Å². The second kappa shape index (κ2) is 7.99. The zero-order valence-electron chi connectivity index (χ0n) is 12.7. The van der Waals surface area contributed by atoms with E-state index >= 15 is 0 Å². The Hall–Kier alpha value is -1.81. The lowest BCUT2D eigenvalue weighted by Crippen LogP contribution is -2.10. The van der Waals surface area contributed by atoms with Gasteiger partial charge in [-0.3, -0.25) is 4.79 Å². The molecule has 0 aliphatic heterocycles. The Morgan fingerprint density at radius 1 is 1.05 bits per heavy atom. The molecule has 2 aromatic rings. The Bertz CT molecular complexity index is 621. The summed E-state index contributed by atoms with van der Waals surface area (Å²) in [6, 6.07) is 13.4. The maximum absolute atomic E-state index is 11.0. The zero-order valence-corrected chi connectivity index (χ0v) is 14.3. The molecule has 2 rings (SSSR count). The summed E-state index contributed by atoms with van der Waals surface area (Å²) in [5, 5.41) is 0. The number of benzene rings is 2. The number of hydrogen-bond acceptors (Lipinski definition) is 3. The molecule has 0 atom stereocenters. The van der Waals surface area contributed by atoms with Gasteiger partial charge in [0, 0.05) is 4.47 Å². The summed E-state index contributed by atoms with van der Waals surface area (Å²) in [5.41, 5.74) is 1.81. The fraction of sp³-hybridized carbons (Fsp3) is 0.278. The highest BCUT2D eigenvalue weighted by Crippen LogP contribution is 2.22. The molecule has 0 amide bonds. The number of hydrogen-bond donors (Lipinski definition) is 0. The molecule has 22 heavy (non-hydrogen) atoms. The van der Waals surface area contributed by atoms with Crippen LogP contribution in [-0.2, 0) is 0 Å². The summed E-state index contributed by atoms with van der Waals surface area (Å²) >= 11 is 3.33. The van der Waals surface area contributed by atoms with Crippen LogP contribution in [0.4, 0.5) is 0 Å². The van der Waals surface area contributed by atoms with Crippen molar-refractivity contribution in [3.05, 3.63) is 58.1 Å². The van der Waals surface area contributed by atoms with Crippen LogP contribution in [0.25, 0.3) is 0 Å². The van der Waals surface area contributed by atoms with Gasteiger partial charge in [-0.2, -0.15) is 0 Å². The number of carbonyl (C=O) groups is 1. The van der Waals surface area contributed by atoms with E-state index in [1.54, 1.807) is 12.1 Å². The van der Waals surface area contributed by atoms with E-state index in [-0.39, 0.29) is 0 Å². The average molecular weight is 363 g/mol. The maximum Gasteiger partial charge on any atom is 0.153 e. The second-order valence-electron chi connectivity index (χ2n) is 5.22. The number of halogens is 1. The van der Waals surface area contributed by atoms with Gasteiger partial charge in [0.15, 0.2) is 6.29 Å². The van der Waals surface area contributed by atoms with Gasteiger partial charge in [0.05, 0.1) is 5.56 Å². The summed E-state index contributed by atoms with van der Waals surface area (Å²) in [5.74, 6) is 1.90. The predicted molar refractivity (Wildman–Crippen MR) is 91.1 cm³/mol. The van der Waals surface area contributed by atoms with E-state index in [4.69, 9.17) is 9.47 Å². The fourth-order valence-corrected chi connectivity index (χ4v) is 2.38. The maximum atomic E-state index is 11.0. The lowest BCUT2D eigenvalue weighted by Gasteiger charge is -2.11. The van der Waals surface area contributed by atoms with E-state index < -0.39 is 0 Å². The third-order valence-corrected chi connectivity index (χ3v) is 3.75. The minimum absolute atomic E-state index is 0.383. The molecule has 0 saturated heterocycles. The van der Waals surface area contributed by atoms with Crippen molar-refractivity contribution in [1.29, 1.82) is 0 Å². The second-order valence-corrected chi connectivity index (χ2v) is 6.14. The Kier molecular flexibility index (Phi) is 6.01. The first-order valence-corrected chi connectivity index (χ1v) is 7.99. The normalized spacial score (nSPS) is 10.5. The van der Waals surface area contributed by atoms with E-state index in [2.05, 4.69) is 41.9 Å². The molecule has 0 heterocycles. The minimum atomic E-state index is 0.383. The van der Waals surface area contributed by atoms with Gasteiger partial charge < -0.3 is 9.47 Å². The SMILES string of the molecule is CC(C)c1ccc(OCCOc2ccc(Br)cc2C=O)cc1. The van der Waals surface area contributed by atoms with E-state index in [0.29, 0.717) is 30.4 Å². The average Bonchev–Trinajstić information content (AvgIpc) is 2.53. The van der Waals surface area contributed by atoms with Crippen molar-refractivity contribution in [3.8, 4) is 11.5 Å². The van der Waals surface area contributed by atoms with Gasteiger partial charge in [0.2, 0.25) is 0 Å². The van der Waals surface area contributed by atoms with Crippen molar-refractivity contribution in [2.75, 3.05) is 13.2 Å². The molecule has 0 saturated carbocycles. The molecule has 0 aliphatic carbocycles. The van der Waals surface area contributed by atoms with Crippen molar-refractivity contribution in [2.45, 2.75) is 19.8 Å². The molecule has 0 aliphatic rings. The van der Waals surface area contributed by atoms with Crippen molar-refractivity contribution in [2.24, 2.45) is 0 Å². The van der Waals surface area contributed by atoms with Gasteiger partial charge in [-0.1, -0.05) is 41.9 Å². The summed E-state index contributed by atoms with van der Waals surface area (Å²) in [7, 11) is 0. The summed E-state index contributed by atoms with van der Waals surface area (Å²) in [6.45, 7) is 5.13. The van der Waals surface area contributed by atoms with Gasteiger partial charge in [-0.25, -0.2) is 0 Å². The molecule has 0 unspecified atom stereocenters. The predicted octanol–water partition coefficient (Wildman–Crippen LogP) is 4.84. The molecule has 4 heteroatoms. The smallest absolute Gasteiger partial charge is 0.153 e. The minimum Gasteiger partial charge on any atom is -0.490 e. The largest absolute Gasteiger partial charge is 0.490 e. The Balaban J connectivity index is 1.83. The van der Waals surface area contributed by atoms with Crippen LogP contribution in [-0.4, -0.2) is 19.5 Å². The quantitative estimate of drug-likeness (QED) is 0.522. The van der Waals surface area contributed by atoms with Gasteiger partial charge in [-0.15, -0.1) is 0 Å². The molecular weight excluding hydrogens is 344 g/mol. The number of carbonyl (C=O) groups excluding carboxylic acids is 1. The monoisotopic (exact) mass is 362 g/mol. The highest BCUT2D eigenvalue weighted by Gasteiger charge is 2.04. The molecule has 0 spiro atoms. The Morgan fingerprint density at radius 3 is 2.36 bits per heavy atom. The summed E-state index contributed by atoms with van der Waals surface area (Å²) in [6.07, 6.45) is 0.783. The molecular formula is C18H19BrO3. The van der Waals surface area contributed by atoms with Crippen molar-refractivity contribution >= 4 is 22.2 Å². The van der Waals surface area contributed by atoms with Crippen LogP contribution >= 0.6 is 15.9 Å². The van der Waals surface area contributed by atoms with Gasteiger partial charge in [-0.05, 0) is 41.8 Å². The highest BCUT2D eigenvalue weighted by molar-refractivity contribution is 9.10. The van der Waals surface area contributed by atoms with Crippen molar-refractivity contribution < 1.29 is 14.3 Å². The van der Waals surface area contributed by atoms with Crippen LogP contribution in [0.15, 0.2) is 46.9 Å². The van der Waals surface area contributed by atoms with Crippen molar-refractivity contribution in [1.82, 2.24) is 0 Å². The van der Waals surface area contributed by atoms with Gasteiger partial charge in [0.1, 0.15) is 24.7 Å². The van der Waals surface area contributed by atoms with E-state index in [1.807, 2.05) is 18.2 Å². The summed E-state index contributed by atoms with van der Waals surface area (Å²) < 4.78 is 12.1. The standard InChI is InChI=1S/C18H19BrO3/c1-13(2)14-3-6-17(7-4-14)21-9-10-22-18-8-5-16(19)11-15(18)12-20/h3-8,11-13H,9-10H2,1-2H3. The third-order valence-electron chi connectivity index (χ3n) is 3.26. The lowest BCUT2D eigenvalue weighted by molar-refractivity contribution is 0.111. The first-order valence-electron chi connectivity index (χ1n) is 7.20. The number of ether oxygens (including phenoxy) is 2. The molecule has 116 valence electrons. The van der Waals surface area contributed by atoms with Gasteiger partial charge >= 0.3 is 0 Å².